The first kappa shape index (κ1) is 17.9. The van der Waals surface area contributed by atoms with Crippen LogP contribution in [0.4, 0.5) is 4.39 Å². The van der Waals surface area contributed by atoms with Crippen LogP contribution >= 0.6 is 0 Å². The summed E-state index contributed by atoms with van der Waals surface area (Å²) in [7, 11) is 0. The molecule has 2 bridgehead atoms. The molecule has 5 heteroatoms. The molecule has 1 amide bonds. The number of hydrogen-bond donors (Lipinski definition) is 0. The van der Waals surface area contributed by atoms with E-state index in [-0.39, 0.29) is 29.1 Å². The third kappa shape index (κ3) is 3.16. The highest BCUT2D eigenvalue weighted by Gasteiger charge is 2.38. The average Bonchev–Trinajstić information content (AvgIpc) is 2.75. The zero-order valence-corrected chi connectivity index (χ0v) is 15.9. The van der Waals surface area contributed by atoms with Gasteiger partial charge in [0.1, 0.15) is 5.82 Å². The number of piperidine rings is 1. The number of rotatable bonds is 2. The molecule has 2 aromatic carbocycles. The SMILES string of the molecule is O=C(c1ccc(F)cc1)N1C[C@@H]2C[C@H](C1)c1c(-c3ccccc3)ccc(=O)n1C2. The van der Waals surface area contributed by atoms with Gasteiger partial charge in [0, 0.05) is 48.4 Å². The molecular formula is C24H21FN2O2. The maximum atomic E-state index is 13.2. The van der Waals surface area contributed by atoms with E-state index in [1.807, 2.05) is 33.7 Å². The second kappa shape index (κ2) is 6.99. The number of benzene rings is 2. The number of likely N-dealkylation sites (tertiary alicyclic amines) is 1. The van der Waals surface area contributed by atoms with Crippen molar-refractivity contribution in [1.29, 1.82) is 0 Å². The monoisotopic (exact) mass is 388 g/mol. The van der Waals surface area contributed by atoms with Gasteiger partial charge in [-0.3, -0.25) is 9.59 Å². The number of pyridine rings is 1. The van der Waals surface area contributed by atoms with Crippen molar-refractivity contribution in [2.75, 3.05) is 13.1 Å². The van der Waals surface area contributed by atoms with Crippen LogP contribution in [0.15, 0.2) is 71.5 Å². The molecule has 5 rings (SSSR count). The van der Waals surface area contributed by atoms with E-state index in [0.29, 0.717) is 25.2 Å². The van der Waals surface area contributed by atoms with Crippen LogP contribution in [0.3, 0.4) is 0 Å². The van der Waals surface area contributed by atoms with Crippen molar-refractivity contribution in [3.8, 4) is 11.1 Å². The number of carbonyl (C=O) groups excluding carboxylic acids is 1. The molecule has 3 heterocycles. The molecule has 1 aromatic heterocycles. The Bertz CT molecular complexity index is 1120. The average molecular weight is 388 g/mol. The molecule has 29 heavy (non-hydrogen) atoms. The van der Waals surface area contributed by atoms with Crippen LogP contribution in [0.2, 0.25) is 0 Å². The Morgan fingerprint density at radius 3 is 2.41 bits per heavy atom. The lowest BCUT2D eigenvalue weighted by molar-refractivity contribution is 0.0595. The summed E-state index contributed by atoms with van der Waals surface area (Å²) in [5.74, 6) is -0.0732. The Morgan fingerprint density at radius 2 is 1.66 bits per heavy atom. The predicted octanol–water partition coefficient (Wildman–Crippen LogP) is 3.91. The molecule has 2 atom stereocenters. The quantitative estimate of drug-likeness (QED) is 0.668. The van der Waals surface area contributed by atoms with Gasteiger partial charge in [-0.25, -0.2) is 4.39 Å². The highest BCUT2D eigenvalue weighted by Crippen LogP contribution is 2.40. The van der Waals surface area contributed by atoms with Crippen LogP contribution in [-0.4, -0.2) is 28.5 Å². The van der Waals surface area contributed by atoms with Crippen LogP contribution < -0.4 is 5.56 Å². The third-order valence-electron chi connectivity index (χ3n) is 6.05. The molecule has 0 unspecified atom stereocenters. The molecule has 4 nitrogen and oxygen atoms in total. The summed E-state index contributed by atoms with van der Waals surface area (Å²) in [5, 5.41) is 0. The van der Waals surface area contributed by atoms with E-state index in [1.165, 1.54) is 24.3 Å². The fraction of sp³-hybridized carbons (Fsp3) is 0.250. The third-order valence-corrected chi connectivity index (χ3v) is 6.05. The molecule has 1 saturated heterocycles. The first-order valence-corrected chi connectivity index (χ1v) is 9.94. The van der Waals surface area contributed by atoms with Gasteiger partial charge < -0.3 is 9.47 Å². The number of aromatic nitrogens is 1. The summed E-state index contributed by atoms with van der Waals surface area (Å²) in [6.07, 6.45) is 0.969. The van der Waals surface area contributed by atoms with Crippen molar-refractivity contribution in [2.45, 2.75) is 18.9 Å². The first-order valence-electron chi connectivity index (χ1n) is 9.94. The molecule has 0 radical (unpaired) electrons. The number of halogens is 1. The summed E-state index contributed by atoms with van der Waals surface area (Å²) in [6.45, 7) is 1.81. The van der Waals surface area contributed by atoms with E-state index in [0.717, 1.165) is 23.2 Å². The minimum Gasteiger partial charge on any atom is -0.338 e. The number of nitrogens with zero attached hydrogens (tertiary/aromatic N) is 2. The van der Waals surface area contributed by atoms with Gasteiger partial charge in [0.05, 0.1) is 0 Å². The summed E-state index contributed by atoms with van der Waals surface area (Å²) in [5.41, 5.74) is 3.69. The number of carbonyl (C=O) groups is 1. The number of hydrogen-bond acceptors (Lipinski definition) is 2. The minimum atomic E-state index is -0.349. The molecule has 0 saturated carbocycles. The van der Waals surface area contributed by atoms with E-state index >= 15 is 0 Å². The highest BCUT2D eigenvalue weighted by molar-refractivity contribution is 5.94. The van der Waals surface area contributed by atoms with Crippen molar-refractivity contribution in [1.82, 2.24) is 9.47 Å². The summed E-state index contributed by atoms with van der Waals surface area (Å²) in [6, 6.07) is 19.3. The lowest BCUT2D eigenvalue weighted by atomic mass is 9.80. The van der Waals surface area contributed by atoms with Crippen LogP contribution in [0, 0.1) is 11.7 Å². The lowest BCUT2D eigenvalue weighted by Gasteiger charge is -2.43. The van der Waals surface area contributed by atoms with E-state index in [2.05, 4.69) is 12.1 Å². The Kier molecular flexibility index (Phi) is 4.31. The lowest BCUT2D eigenvalue weighted by Crippen LogP contribution is -2.49. The van der Waals surface area contributed by atoms with Gasteiger partial charge in [-0.05, 0) is 48.2 Å². The Hall–Kier alpha value is -3.21. The molecule has 0 N–H and O–H groups in total. The van der Waals surface area contributed by atoms with Crippen LogP contribution in [-0.2, 0) is 6.54 Å². The number of amides is 1. The summed E-state index contributed by atoms with van der Waals surface area (Å²) in [4.78, 5) is 27.5. The minimum absolute atomic E-state index is 0.0210. The fourth-order valence-electron chi connectivity index (χ4n) is 4.82. The summed E-state index contributed by atoms with van der Waals surface area (Å²) >= 11 is 0. The molecule has 3 aromatic rings. The maximum Gasteiger partial charge on any atom is 0.253 e. The molecule has 2 aliphatic rings. The van der Waals surface area contributed by atoms with Crippen LogP contribution in [0.25, 0.3) is 11.1 Å². The van der Waals surface area contributed by atoms with Crippen LogP contribution in [0.1, 0.15) is 28.4 Å². The van der Waals surface area contributed by atoms with Gasteiger partial charge in [0.25, 0.3) is 11.5 Å². The van der Waals surface area contributed by atoms with Gasteiger partial charge in [-0.2, -0.15) is 0 Å². The van der Waals surface area contributed by atoms with Gasteiger partial charge in [0.2, 0.25) is 0 Å². The second-order valence-electron chi connectivity index (χ2n) is 7.96. The fourth-order valence-corrected chi connectivity index (χ4v) is 4.82. The van der Waals surface area contributed by atoms with Crippen molar-refractivity contribution in [3.63, 3.8) is 0 Å². The molecule has 0 aliphatic carbocycles. The summed E-state index contributed by atoms with van der Waals surface area (Å²) < 4.78 is 15.1. The van der Waals surface area contributed by atoms with E-state index in [1.54, 1.807) is 6.07 Å². The Morgan fingerprint density at radius 1 is 0.897 bits per heavy atom. The molecule has 146 valence electrons. The van der Waals surface area contributed by atoms with Crippen LogP contribution in [0.5, 0.6) is 0 Å². The zero-order valence-electron chi connectivity index (χ0n) is 15.9. The molecule has 2 aliphatic heterocycles. The van der Waals surface area contributed by atoms with E-state index in [4.69, 9.17) is 0 Å². The molecule has 0 spiro atoms. The van der Waals surface area contributed by atoms with Gasteiger partial charge in [-0.1, -0.05) is 30.3 Å². The van der Waals surface area contributed by atoms with E-state index in [9.17, 15) is 14.0 Å². The second-order valence-corrected chi connectivity index (χ2v) is 7.96. The smallest absolute Gasteiger partial charge is 0.253 e. The largest absolute Gasteiger partial charge is 0.338 e. The highest BCUT2D eigenvalue weighted by atomic mass is 19.1. The van der Waals surface area contributed by atoms with Gasteiger partial charge >= 0.3 is 0 Å². The van der Waals surface area contributed by atoms with Crippen molar-refractivity contribution in [2.24, 2.45) is 5.92 Å². The topological polar surface area (TPSA) is 42.3 Å². The Balaban J connectivity index is 1.53. The van der Waals surface area contributed by atoms with Crippen molar-refractivity contribution < 1.29 is 9.18 Å². The normalized spacial score (nSPS) is 20.2. The first-order chi connectivity index (χ1) is 14.1. The van der Waals surface area contributed by atoms with E-state index < -0.39 is 0 Å². The predicted molar refractivity (Wildman–Crippen MR) is 109 cm³/mol. The Labute approximate surface area is 168 Å². The van der Waals surface area contributed by atoms with Crippen molar-refractivity contribution >= 4 is 5.91 Å². The number of fused-ring (bicyclic) bond motifs is 4. The molecule has 1 fully saturated rings. The van der Waals surface area contributed by atoms with Crippen molar-refractivity contribution in [3.05, 3.63) is 94.2 Å². The zero-order chi connectivity index (χ0) is 20.0. The molecular weight excluding hydrogens is 367 g/mol. The standard InChI is InChI=1S/C24H21FN2O2/c25-20-8-6-18(7-9-20)24(29)26-13-16-12-19(15-26)23-21(17-4-2-1-3-5-17)10-11-22(28)27(23)14-16/h1-11,16,19H,12-15H2/t16-,19+/m0/s1. The van der Waals surface area contributed by atoms with Gasteiger partial charge in [-0.15, -0.1) is 0 Å². The maximum absolute atomic E-state index is 13.2. The van der Waals surface area contributed by atoms with Gasteiger partial charge in [0.15, 0.2) is 0 Å².